The van der Waals surface area contributed by atoms with Crippen LogP contribution in [0.1, 0.15) is 21.5 Å². The lowest BCUT2D eigenvalue weighted by Crippen LogP contribution is -2.12. The van der Waals surface area contributed by atoms with E-state index in [4.69, 9.17) is 10.5 Å². The average Bonchev–Trinajstić information content (AvgIpc) is 2.69. The summed E-state index contributed by atoms with van der Waals surface area (Å²) in [4.78, 5) is 16.5. The molecule has 6 heteroatoms. The number of hydrogen-bond donors (Lipinski definition) is 2. The number of hydrogen-bond acceptors (Lipinski definition) is 5. The zero-order valence-electron chi connectivity index (χ0n) is 13.6. The van der Waals surface area contributed by atoms with Crippen molar-refractivity contribution in [2.24, 2.45) is 0 Å². The molecule has 0 aliphatic rings. The van der Waals surface area contributed by atoms with Crippen molar-refractivity contribution in [1.29, 1.82) is 10.5 Å². The minimum Gasteiger partial charge on any atom is -0.353 e. The number of para-hydroxylation sites is 1. The van der Waals surface area contributed by atoms with Crippen LogP contribution in [0.3, 0.4) is 0 Å². The molecule has 0 saturated heterocycles. The first-order chi connectivity index (χ1) is 12.7. The second kappa shape index (κ2) is 7.61. The molecule has 0 spiro atoms. The molecule has 0 bridgehead atoms. The number of amides is 1. The number of anilines is 3. The Kier molecular flexibility index (Phi) is 4.88. The Morgan fingerprint density at radius 1 is 0.923 bits per heavy atom. The molecule has 26 heavy (non-hydrogen) atoms. The summed E-state index contributed by atoms with van der Waals surface area (Å²) in [5, 5.41) is 23.9. The maximum absolute atomic E-state index is 12.4. The number of carbonyl (C=O) groups is 1. The summed E-state index contributed by atoms with van der Waals surface area (Å²) in [6, 6.07) is 19.5. The molecule has 6 nitrogen and oxygen atoms in total. The number of rotatable bonds is 4. The molecular formula is C20H13N5O. The maximum Gasteiger partial charge on any atom is 0.257 e. The van der Waals surface area contributed by atoms with Gasteiger partial charge >= 0.3 is 0 Å². The Hall–Kier alpha value is -4.16. The predicted molar refractivity (Wildman–Crippen MR) is 97.8 cm³/mol. The van der Waals surface area contributed by atoms with Gasteiger partial charge in [-0.05, 0) is 36.4 Å². The molecule has 124 valence electrons. The molecule has 0 aliphatic heterocycles. The van der Waals surface area contributed by atoms with Crippen LogP contribution < -0.4 is 10.6 Å². The molecule has 0 radical (unpaired) electrons. The van der Waals surface area contributed by atoms with Gasteiger partial charge in [-0.2, -0.15) is 10.5 Å². The topological polar surface area (TPSA) is 102 Å². The molecule has 1 amide bonds. The second-order valence-electron chi connectivity index (χ2n) is 5.39. The zero-order chi connectivity index (χ0) is 18.4. The van der Waals surface area contributed by atoms with E-state index in [0.29, 0.717) is 33.8 Å². The highest BCUT2D eigenvalue weighted by Gasteiger charge is 2.09. The molecule has 1 aromatic heterocycles. The normalized spacial score (nSPS) is 9.62. The van der Waals surface area contributed by atoms with Gasteiger partial charge in [-0.1, -0.05) is 18.2 Å². The van der Waals surface area contributed by atoms with Crippen molar-refractivity contribution in [1.82, 2.24) is 4.98 Å². The third kappa shape index (κ3) is 3.84. The lowest BCUT2D eigenvalue weighted by atomic mass is 10.1. The van der Waals surface area contributed by atoms with E-state index in [1.807, 2.05) is 12.1 Å². The van der Waals surface area contributed by atoms with E-state index in [1.54, 1.807) is 54.7 Å². The van der Waals surface area contributed by atoms with Crippen LogP contribution in [0.25, 0.3) is 0 Å². The zero-order valence-corrected chi connectivity index (χ0v) is 13.6. The van der Waals surface area contributed by atoms with Crippen LogP contribution >= 0.6 is 0 Å². The van der Waals surface area contributed by atoms with Crippen LogP contribution in [0.5, 0.6) is 0 Å². The molecule has 0 unspecified atom stereocenters. The number of pyridine rings is 1. The highest BCUT2D eigenvalue weighted by molar-refractivity contribution is 6.04. The summed E-state index contributed by atoms with van der Waals surface area (Å²) >= 11 is 0. The monoisotopic (exact) mass is 339 g/mol. The summed E-state index contributed by atoms with van der Waals surface area (Å²) < 4.78 is 0. The number of nitrogens with one attached hydrogen (secondary N) is 2. The third-order valence-corrected chi connectivity index (χ3v) is 3.58. The lowest BCUT2D eigenvalue weighted by molar-refractivity contribution is 0.102. The van der Waals surface area contributed by atoms with Gasteiger partial charge in [-0.25, -0.2) is 0 Å². The van der Waals surface area contributed by atoms with Crippen LogP contribution in [0, 0.1) is 22.7 Å². The predicted octanol–water partition coefficient (Wildman–Crippen LogP) is 3.82. The van der Waals surface area contributed by atoms with E-state index in [1.165, 1.54) is 6.20 Å². The third-order valence-electron chi connectivity index (χ3n) is 3.58. The Morgan fingerprint density at radius 3 is 2.58 bits per heavy atom. The molecule has 2 aromatic carbocycles. The number of benzene rings is 2. The Labute approximate surface area is 150 Å². The summed E-state index contributed by atoms with van der Waals surface area (Å²) in [6.07, 6.45) is 3.02. The van der Waals surface area contributed by atoms with E-state index in [-0.39, 0.29) is 5.91 Å². The van der Waals surface area contributed by atoms with Gasteiger partial charge in [0.05, 0.1) is 40.3 Å². The summed E-state index contributed by atoms with van der Waals surface area (Å²) in [6.45, 7) is 0. The number of carbonyl (C=O) groups excluding carboxylic acids is 1. The van der Waals surface area contributed by atoms with Gasteiger partial charge in [0.25, 0.3) is 5.91 Å². The van der Waals surface area contributed by atoms with Crippen molar-refractivity contribution in [3.8, 4) is 12.1 Å². The van der Waals surface area contributed by atoms with Crippen molar-refractivity contribution in [2.75, 3.05) is 10.6 Å². The first kappa shape index (κ1) is 16.7. The van der Waals surface area contributed by atoms with Crippen molar-refractivity contribution in [3.05, 3.63) is 83.7 Å². The molecule has 1 heterocycles. The van der Waals surface area contributed by atoms with Gasteiger partial charge in [0.2, 0.25) is 0 Å². The van der Waals surface area contributed by atoms with E-state index in [0.717, 1.165) is 0 Å². The molecule has 3 aromatic rings. The molecule has 0 aliphatic carbocycles. The standard InChI is InChI=1S/C20H13N5O/c21-10-14-4-3-6-17(8-14)25-20(26)16-9-18(13-23-12-16)24-19-7-2-1-5-15(19)11-22/h1-9,12-13,24H,(H,25,26). The van der Waals surface area contributed by atoms with Crippen molar-refractivity contribution in [2.45, 2.75) is 0 Å². The summed E-state index contributed by atoms with van der Waals surface area (Å²) in [5.74, 6) is -0.343. The van der Waals surface area contributed by atoms with Crippen LogP contribution in [0.4, 0.5) is 17.1 Å². The van der Waals surface area contributed by atoms with Crippen LogP contribution in [-0.2, 0) is 0 Å². The van der Waals surface area contributed by atoms with Crippen LogP contribution in [0.15, 0.2) is 67.0 Å². The second-order valence-corrected chi connectivity index (χ2v) is 5.39. The molecule has 2 N–H and O–H groups in total. The fourth-order valence-corrected chi connectivity index (χ4v) is 2.35. The molecule has 0 fully saturated rings. The van der Waals surface area contributed by atoms with Crippen molar-refractivity contribution in [3.63, 3.8) is 0 Å². The highest BCUT2D eigenvalue weighted by Crippen LogP contribution is 2.21. The van der Waals surface area contributed by atoms with Gasteiger partial charge in [0, 0.05) is 11.9 Å². The number of aromatic nitrogens is 1. The Balaban J connectivity index is 1.79. The first-order valence-electron chi connectivity index (χ1n) is 7.72. The van der Waals surface area contributed by atoms with Gasteiger partial charge in [0.15, 0.2) is 0 Å². The van der Waals surface area contributed by atoms with Gasteiger partial charge in [-0.15, -0.1) is 0 Å². The van der Waals surface area contributed by atoms with Crippen molar-refractivity contribution < 1.29 is 4.79 Å². The fraction of sp³-hybridized carbons (Fsp3) is 0. The van der Waals surface area contributed by atoms with Crippen LogP contribution in [-0.4, -0.2) is 10.9 Å². The fourth-order valence-electron chi connectivity index (χ4n) is 2.35. The first-order valence-corrected chi connectivity index (χ1v) is 7.72. The van der Waals surface area contributed by atoms with Crippen LogP contribution in [0.2, 0.25) is 0 Å². The number of nitriles is 2. The Morgan fingerprint density at radius 2 is 1.77 bits per heavy atom. The average molecular weight is 339 g/mol. The van der Waals surface area contributed by atoms with Gasteiger partial charge < -0.3 is 10.6 Å². The van der Waals surface area contributed by atoms with Crippen molar-refractivity contribution >= 4 is 23.0 Å². The largest absolute Gasteiger partial charge is 0.353 e. The minimum atomic E-state index is -0.343. The maximum atomic E-state index is 12.4. The smallest absolute Gasteiger partial charge is 0.257 e. The van der Waals surface area contributed by atoms with E-state index in [2.05, 4.69) is 21.7 Å². The van der Waals surface area contributed by atoms with E-state index < -0.39 is 0 Å². The molecular weight excluding hydrogens is 326 g/mol. The molecule has 0 saturated carbocycles. The van der Waals surface area contributed by atoms with E-state index >= 15 is 0 Å². The quantitative estimate of drug-likeness (QED) is 0.752. The number of nitrogens with zero attached hydrogens (tertiary/aromatic N) is 3. The Bertz CT molecular complexity index is 1050. The molecule has 3 rings (SSSR count). The van der Waals surface area contributed by atoms with E-state index in [9.17, 15) is 4.79 Å². The summed E-state index contributed by atoms with van der Waals surface area (Å²) in [7, 11) is 0. The van der Waals surface area contributed by atoms with Gasteiger partial charge in [0.1, 0.15) is 6.07 Å². The molecule has 0 atom stereocenters. The summed E-state index contributed by atoms with van der Waals surface area (Å²) in [5.41, 5.74) is 3.07. The highest BCUT2D eigenvalue weighted by atomic mass is 16.1. The minimum absolute atomic E-state index is 0.343. The van der Waals surface area contributed by atoms with Gasteiger partial charge in [-0.3, -0.25) is 9.78 Å². The lowest BCUT2D eigenvalue weighted by Gasteiger charge is -2.10. The SMILES string of the molecule is N#Cc1cccc(NC(=O)c2cncc(Nc3ccccc3C#N)c2)c1.